The summed E-state index contributed by atoms with van der Waals surface area (Å²) in [6.45, 7) is 3.35. The fraction of sp³-hybridized carbons (Fsp3) is 0.368. The van der Waals surface area contributed by atoms with Crippen LogP contribution >= 0.6 is 0 Å². The molecular weight excluding hydrogens is 309 g/mol. The van der Waals surface area contributed by atoms with Crippen molar-refractivity contribution in [1.29, 1.82) is 0 Å². The van der Waals surface area contributed by atoms with Gasteiger partial charge in [0.1, 0.15) is 18.5 Å². The largest absolute Gasteiger partial charge is 0.486 e. The summed E-state index contributed by atoms with van der Waals surface area (Å²) in [6.07, 6.45) is -0.0443. The number of methoxy groups -OCH3 is 1. The molecule has 0 aromatic heterocycles. The van der Waals surface area contributed by atoms with E-state index < -0.39 is 0 Å². The maximum atomic E-state index is 13.1. The minimum atomic E-state index is -0.220. The zero-order chi connectivity index (χ0) is 16.8. The minimum Gasteiger partial charge on any atom is -0.486 e. The molecule has 0 radical (unpaired) electrons. The zero-order valence-corrected chi connectivity index (χ0v) is 13.8. The molecule has 24 heavy (non-hydrogen) atoms. The topological polar surface area (TPSA) is 30.9 Å². The monoisotopic (exact) mass is 331 g/mol. The van der Waals surface area contributed by atoms with Crippen LogP contribution in [-0.4, -0.2) is 44.4 Å². The Bertz CT molecular complexity index is 647. The van der Waals surface area contributed by atoms with Crippen LogP contribution in [0.15, 0.2) is 48.5 Å². The molecule has 2 aromatic rings. The molecule has 1 atom stereocenters. The predicted octanol–water partition coefficient (Wildman–Crippen LogP) is 3.11. The molecule has 0 unspecified atom stereocenters. The van der Waals surface area contributed by atoms with Crippen LogP contribution in [0, 0.1) is 5.82 Å². The highest BCUT2D eigenvalue weighted by molar-refractivity contribution is 5.40. The molecule has 1 heterocycles. The van der Waals surface area contributed by atoms with Gasteiger partial charge >= 0.3 is 0 Å². The Hall–Kier alpha value is -2.11. The standard InChI is InChI=1S/C19H22FNO3/c1-22-11-10-21(12-15-6-8-16(20)9-7-15)13-17-14-23-18-4-2-3-5-19(18)24-17/h2-9,17H,10-14H2,1H3/t17-/m0/s1. The highest BCUT2D eigenvalue weighted by Gasteiger charge is 2.23. The first kappa shape index (κ1) is 16.7. The van der Waals surface area contributed by atoms with Crippen molar-refractivity contribution in [2.24, 2.45) is 0 Å². The van der Waals surface area contributed by atoms with Gasteiger partial charge in [0.05, 0.1) is 6.61 Å². The van der Waals surface area contributed by atoms with Crippen molar-refractivity contribution in [3.05, 3.63) is 59.9 Å². The lowest BCUT2D eigenvalue weighted by Gasteiger charge is -2.31. The van der Waals surface area contributed by atoms with E-state index in [-0.39, 0.29) is 11.9 Å². The summed E-state index contributed by atoms with van der Waals surface area (Å²) in [7, 11) is 1.69. The number of nitrogens with zero attached hydrogens (tertiary/aromatic N) is 1. The van der Waals surface area contributed by atoms with E-state index in [4.69, 9.17) is 14.2 Å². The van der Waals surface area contributed by atoms with E-state index in [0.717, 1.165) is 30.2 Å². The molecule has 0 aliphatic carbocycles. The molecule has 3 rings (SSSR count). The average molecular weight is 331 g/mol. The summed E-state index contributed by atoms with van der Waals surface area (Å²) in [5.74, 6) is 1.35. The highest BCUT2D eigenvalue weighted by Crippen LogP contribution is 2.31. The lowest BCUT2D eigenvalue weighted by Crippen LogP contribution is -2.41. The second-order valence-corrected chi connectivity index (χ2v) is 5.85. The molecule has 0 amide bonds. The normalized spacial score (nSPS) is 16.4. The van der Waals surface area contributed by atoms with Crippen LogP contribution in [0.5, 0.6) is 11.5 Å². The number of para-hydroxylation sites is 2. The first-order valence-electron chi connectivity index (χ1n) is 8.09. The molecular formula is C19H22FNO3. The molecule has 1 aliphatic heterocycles. The van der Waals surface area contributed by atoms with Crippen LogP contribution in [0.1, 0.15) is 5.56 Å². The second-order valence-electron chi connectivity index (χ2n) is 5.85. The molecule has 0 saturated heterocycles. The Balaban J connectivity index is 1.62. The summed E-state index contributed by atoms with van der Waals surface area (Å²) < 4.78 is 30.1. The molecule has 2 aromatic carbocycles. The van der Waals surface area contributed by atoms with E-state index in [9.17, 15) is 4.39 Å². The van der Waals surface area contributed by atoms with Gasteiger partial charge < -0.3 is 14.2 Å². The van der Waals surface area contributed by atoms with Crippen molar-refractivity contribution >= 4 is 0 Å². The van der Waals surface area contributed by atoms with Crippen molar-refractivity contribution in [3.8, 4) is 11.5 Å². The van der Waals surface area contributed by atoms with Crippen molar-refractivity contribution in [1.82, 2.24) is 4.90 Å². The Morgan fingerprint density at radius 1 is 1.12 bits per heavy atom. The Morgan fingerprint density at radius 2 is 1.88 bits per heavy atom. The smallest absolute Gasteiger partial charge is 0.161 e. The first-order chi connectivity index (χ1) is 11.7. The number of benzene rings is 2. The van der Waals surface area contributed by atoms with Gasteiger partial charge in [-0.3, -0.25) is 4.90 Å². The molecule has 0 bridgehead atoms. The molecule has 4 nitrogen and oxygen atoms in total. The van der Waals surface area contributed by atoms with Gasteiger partial charge in [0.25, 0.3) is 0 Å². The van der Waals surface area contributed by atoms with E-state index >= 15 is 0 Å². The summed E-state index contributed by atoms with van der Waals surface area (Å²) >= 11 is 0. The summed E-state index contributed by atoms with van der Waals surface area (Å²) in [5, 5.41) is 0. The van der Waals surface area contributed by atoms with Gasteiger partial charge in [-0.15, -0.1) is 0 Å². The van der Waals surface area contributed by atoms with E-state index in [1.165, 1.54) is 12.1 Å². The van der Waals surface area contributed by atoms with Crippen LogP contribution in [0.4, 0.5) is 4.39 Å². The zero-order valence-electron chi connectivity index (χ0n) is 13.8. The molecule has 0 fully saturated rings. The number of rotatable bonds is 7. The Morgan fingerprint density at radius 3 is 2.62 bits per heavy atom. The van der Waals surface area contributed by atoms with Crippen LogP contribution < -0.4 is 9.47 Å². The van der Waals surface area contributed by atoms with Crippen LogP contribution in [0.25, 0.3) is 0 Å². The Kier molecular flexibility index (Phi) is 5.67. The number of hydrogen-bond acceptors (Lipinski definition) is 4. The minimum absolute atomic E-state index is 0.0443. The highest BCUT2D eigenvalue weighted by atomic mass is 19.1. The van der Waals surface area contributed by atoms with Crippen molar-refractivity contribution < 1.29 is 18.6 Å². The lowest BCUT2D eigenvalue weighted by molar-refractivity contribution is 0.0473. The molecule has 0 N–H and O–H groups in total. The molecule has 0 saturated carbocycles. The van der Waals surface area contributed by atoms with Gasteiger partial charge in [-0.2, -0.15) is 0 Å². The van der Waals surface area contributed by atoms with Gasteiger partial charge in [0, 0.05) is 26.7 Å². The molecule has 5 heteroatoms. The van der Waals surface area contributed by atoms with E-state index in [1.807, 2.05) is 36.4 Å². The van der Waals surface area contributed by atoms with E-state index in [0.29, 0.717) is 19.8 Å². The average Bonchev–Trinajstić information content (AvgIpc) is 2.61. The van der Waals surface area contributed by atoms with Gasteiger partial charge in [0.15, 0.2) is 11.5 Å². The quantitative estimate of drug-likeness (QED) is 0.780. The Labute approximate surface area is 141 Å². The fourth-order valence-electron chi connectivity index (χ4n) is 2.74. The maximum absolute atomic E-state index is 13.1. The van der Waals surface area contributed by atoms with E-state index in [2.05, 4.69) is 4.90 Å². The summed E-state index contributed by atoms with van der Waals surface area (Å²) in [5.41, 5.74) is 1.06. The first-order valence-corrected chi connectivity index (χ1v) is 8.09. The van der Waals surface area contributed by atoms with Crippen molar-refractivity contribution in [2.45, 2.75) is 12.6 Å². The third-order valence-corrected chi connectivity index (χ3v) is 3.96. The van der Waals surface area contributed by atoms with Crippen LogP contribution in [-0.2, 0) is 11.3 Å². The summed E-state index contributed by atoms with van der Waals surface area (Å²) in [6, 6.07) is 14.3. The van der Waals surface area contributed by atoms with Gasteiger partial charge in [0.2, 0.25) is 0 Å². The van der Waals surface area contributed by atoms with Gasteiger partial charge in [-0.1, -0.05) is 24.3 Å². The molecule has 128 valence electrons. The molecule has 0 spiro atoms. The number of halogens is 1. The predicted molar refractivity (Wildman–Crippen MR) is 89.9 cm³/mol. The lowest BCUT2D eigenvalue weighted by atomic mass is 10.2. The van der Waals surface area contributed by atoms with Gasteiger partial charge in [-0.25, -0.2) is 4.39 Å². The van der Waals surface area contributed by atoms with Gasteiger partial charge in [-0.05, 0) is 29.8 Å². The SMILES string of the molecule is COCCN(Cc1ccc(F)cc1)C[C@H]1COc2ccccc2O1. The van der Waals surface area contributed by atoms with Crippen LogP contribution in [0.2, 0.25) is 0 Å². The van der Waals surface area contributed by atoms with Crippen molar-refractivity contribution in [3.63, 3.8) is 0 Å². The number of hydrogen-bond donors (Lipinski definition) is 0. The van der Waals surface area contributed by atoms with Crippen molar-refractivity contribution in [2.75, 3.05) is 33.4 Å². The maximum Gasteiger partial charge on any atom is 0.161 e. The van der Waals surface area contributed by atoms with E-state index in [1.54, 1.807) is 7.11 Å². The summed E-state index contributed by atoms with van der Waals surface area (Å²) in [4.78, 5) is 2.23. The van der Waals surface area contributed by atoms with Crippen LogP contribution in [0.3, 0.4) is 0 Å². The second kappa shape index (κ2) is 8.13. The third kappa shape index (κ3) is 4.46. The fourth-order valence-corrected chi connectivity index (χ4v) is 2.74. The molecule has 1 aliphatic rings. The number of ether oxygens (including phenoxy) is 3. The number of fused-ring (bicyclic) bond motifs is 1. The third-order valence-electron chi connectivity index (χ3n) is 3.96.